The molecule has 2 atom stereocenters. The molecule has 1 fully saturated rings. The number of carbonyl (C=O) groups is 1. The monoisotopic (exact) mass is 582 g/mol. The molecule has 0 spiro atoms. The molecular formula is C34H42N6O3. The minimum absolute atomic E-state index is 0.169. The average Bonchev–Trinajstić information content (AvgIpc) is 3.13. The van der Waals surface area contributed by atoms with E-state index in [0.717, 1.165) is 89.6 Å². The van der Waals surface area contributed by atoms with E-state index in [1.165, 1.54) is 11.3 Å². The van der Waals surface area contributed by atoms with E-state index in [9.17, 15) is 9.90 Å². The van der Waals surface area contributed by atoms with Gasteiger partial charge < -0.3 is 19.7 Å². The number of nitrogens with zero attached hydrogens (tertiary/aromatic N) is 4. The van der Waals surface area contributed by atoms with Crippen molar-refractivity contribution in [2.75, 3.05) is 19.7 Å². The van der Waals surface area contributed by atoms with Gasteiger partial charge in [-0.05, 0) is 74.3 Å². The van der Waals surface area contributed by atoms with Crippen LogP contribution in [0.5, 0.6) is 5.75 Å². The van der Waals surface area contributed by atoms with Gasteiger partial charge >= 0.3 is 5.97 Å². The van der Waals surface area contributed by atoms with Gasteiger partial charge in [0.15, 0.2) is 5.65 Å². The largest absolute Gasteiger partial charge is 0.491 e. The maximum Gasteiger partial charge on any atom is 0.320 e. The fourth-order valence-electron chi connectivity index (χ4n) is 6.52. The summed E-state index contributed by atoms with van der Waals surface area (Å²) in [5.74, 6) is 1.09. The fourth-order valence-corrected chi connectivity index (χ4v) is 6.52. The van der Waals surface area contributed by atoms with Crippen molar-refractivity contribution < 1.29 is 14.6 Å². The third-order valence-electron chi connectivity index (χ3n) is 8.94. The van der Waals surface area contributed by atoms with Gasteiger partial charge in [-0.15, -0.1) is 0 Å². The highest BCUT2D eigenvalue weighted by Gasteiger charge is 2.35. The van der Waals surface area contributed by atoms with Crippen molar-refractivity contribution in [3.05, 3.63) is 64.9 Å². The molecule has 3 aromatic rings. The molecule has 226 valence electrons. The first kappa shape index (κ1) is 29.1. The maximum atomic E-state index is 11.5. The van der Waals surface area contributed by atoms with Crippen molar-refractivity contribution in [1.82, 2.24) is 25.2 Å². The lowest BCUT2D eigenvalue weighted by Crippen LogP contribution is -2.35. The van der Waals surface area contributed by atoms with Gasteiger partial charge in [-0.25, -0.2) is 9.97 Å². The number of carboxylic acids is 1. The van der Waals surface area contributed by atoms with Crippen molar-refractivity contribution in [3.63, 3.8) is 0 Å². The van der Waals surface area contributed by atoms with Crippen LogP contribution < -0.4 is 10.1 Å². The van der Waals surface area contributed by atoms with Crippen LogP contribution in [0.2, 0.25) is 0 Å². The van der Waals surface area contributed by atoms with Gasteiger partial charge in [0.25, 0.3) is 0 Å². The number of hydrogen-bond donors (Lipinski definition) is 3. The smallest absolute Gasteiger partial charge is 0.320 e. The summed E-state index contributed by atoms with van der Waals surface area (Å²) in [6.45, 7) is 13.1. The zero-order valence-corrected chi connectivity index (χ0v) is 25.8. The van der Waals surface area contributed by atoms with Crippen LogP contribution in [0.1, 0.15) is 64.8 Å². The minimum Gasteiger partial charge on any atom is -0.491 e. The Morgan fingerprint density at radius 1 is 1.28 bits per heavy atom. The summed E-state index contributed by atoms with van der Waals surface area (Å²) in [5.41, 5.74) is 9.89. The molecule has 0 radical (unpaired) electrons. The number of allylic oxidation sites excluding steroid dienone is 2. The van der Waals surface area contributed by atoms with E-state index >= 15 is 0 Å². The Bertz CT molecular complexity index is 1650. The summed E-state index contributed by atoms with van der Waals surface area (Å²) in [6, 6.07) is 7.91. The number of aliphatic carboxylic acids is 1. The average molecular weight is 583 g/mol. The maximum absolute atomic E-state index is 11.5. The third kappa shape index (κ3) is 6.09. The van der Waals surface area contributed by atoms with Gasteiger partial charge in [0, 0.05) is 47.7 Å². The predicted octanol–water partition coefficient (Wildman–Crippen LogP) is 6.02. The first-order valence-corrected chi connectivity index (χ1v) is 15.4. The number of benzene rings is 1. The van der Waals surface area contributed by atoms with Crippen molar-refractivity contribution in [2.45, 2.75) is 72.9 Å². The number of nitrogens with one attached hydrogen (secondary N) is 2. The molecule has 0 bridgehead atoms. The van der Waals surface area contributed by atoms with Crippen LogP contribution in [0.3, 0.4) is 0 Å². The number of aryl methyl sites for hydroxylation is 1. The SMILES string of the molecule is CCC1C=C(CNC(C)C(=O)O)N=C2CCC(C)(C)CC2=C1N1CCOc2ccc(-c3cnc4nc(C)[nH]c4c3)cc2C1. The Morgan fingerprint density at radius 2 is 2.12 bits per heavy atom. The Labute approximate surface area is 253 Å². The van der Waals surface area contributed by atoms with E-state index in [-0.39, 0.29) is 11.3 Å². The van der Waals surface area contributed by atoms with Gasteiger partial charge in [-0.1, -0.05) is 32.9 Å². The van der Waals surface area contributed by atoms with E-state index < -0.39 is 12.0 Å². The fraction of sp³-hybridized carbons (Fsp3) is 0.471. The summed E-state index contributed by atoms with van der Waals surface area (Å²) in [6.07, 6.45) is 8.05. The molecule has 9 nitrogen and oxygen atoms in total. The van der Waals surface area contributed by atoms with Crippen LogP contribution >= 0.6 is 0 Å². The highest BCUT2D eigenvalue weighted by atomic mass is 16.5. The molecule has 4 heterocycles. The summed E-state index contributed by atoms with van der Waals surface area (Å²) in [4.78, 5) is 31.5. The molecule has 9 heteroatoms. The molecule has 1 saturated carbocycles. The highest BCUT2D eigenvalue weighted by Crippen LogP contribution is 2.43. The third-order valence-corrected chi connectivity index (χ3v) is 8.94. The number of rotatable bonds is 7. The van der Waals surface area contributed by atoms with Crippen molar-refractivity contribution >= 4 is 22.8 Å². The van der Waals surface area contributed by atoms with E-state index in [0.29, 0.717) is 13.2 Å². The molecule has 43 heavy (non-hydrogen) atoms. The molecule has 3 N–H and O–H groups in total. The second-order valence-electron chi connectivity index (χ2n) is 12.9. The number of fused-ring (bicyclic) bond motifs is 3. The standard InChI is InChI=1S/C34H42N6O3/c1-6-22-14-26(18-35-20(2)33(41)42)39-28-9-10-34(4,5)16-27(28)31(22)40-11-12-43-30-8-7-23(13-25(30)19-40)24-15-29-32(36-17-24)38-21(3)37-29/h7-8,13-15,17,20,22,35H,6,9-12,16,18-19H2,1-5H3,(H,41,42)(H,36,37,38). The van der Waals surface area contributed by atoms with Crippen LogP contribution in [0.15, 0.2) is 58.5 Å². The number of aliphatic imine (C=N–C) groups is 1. The number of aromatic amines is 1. The number of ether oxygens (including phenoxy) is 1. The minimum atomic E-state index is -0.856. The lowest BCUT2D eigenvalue weighted by molar-refractivity contribution is -0.138. The van der Waals surface area contributed by atoms with Crippen molar-refractivity contribution in [1.29, 1.82) is 0 Å². The van der Waals surface area contributed by atoms with E-state index in [1.807, 2.05) is 13.1 Å². The lowest BCUT2D eigenvalue weighted by atomic mass is 9.72. The van der Waals surface area contributed by atoms with Crippen molar-refractivity contribution in [2.24, 2.45) is 16.3 Å². The van der Waals surface area contributed by atoms with Crippen LogP contribution in [-0.2, 0) is 11.3 Å². The zero-order chi connectivity index (χ0) is 30.3. The number of hydrogen-bond acceptors (Lipinski definition) is 7. The van der Waals surface area contributed by atoms with Crippen LogP contribution in [0, 0.1) is 18.3 Å². The van der Waals surface area contributed by atoms with Crippen LogP contribution in [-0.4, -0.2) is 62.4 Å². The first-order chi connectivity index (χ1) is 20.6. The molecule has 2 unspecified atom stereocenters. The molecule has 1 aromatic carbocycles. The van der Waals surface area contributed by atoms with Crippen LogP contribution in [0.25, 0.3) is 22.3 Å². The molecule has 3 aliphatic rings. The van der Waals surface area contributed by atoms with Gasteiger partial charge in [0.1, 0.15) is 24.2 Å². The second-order valence-corrected chi connectivity index (χ2v) is 12.9. The molecule has 6 rings (SSSR count). The Kier molecular flexibility index (Phi) is 7.85. The number of carboxylic acid groups (broad SMARTS) is 1. The molecule has 2 aromatic heterocycles. The number of H-pyrrole nitrogens is 1. The Morgan fingerprint density at radius 3 is 2.91 bits per heavy atom. The topological polar surface area (TPSA) is 116 Å². The molecule has 1 aliphatic carbocycles. The molecular weight excluding hydrogens is 540 g/mol. The predicted molar refractivity (Wildman–Crippen MR) is 169 cm³/mol. The van der Waals surface area contributed by atoms with Gasteiger partial charge in [-0.3, -0.25) is 15.1 Å². The number of imidazole rings is 1. The zero-order valence-electron chi connectivity index (χ0n) is 25.8. The number of pyridine rings is 1. The lowest BCUT2D eigenvalue weighted by Gasteiger charge is -2.38. The summed E-state index contributed by atoms with van der Waals surface area (Å²) in [7, 11) is 0. The van der Waals surface area contributed by atoms with Crippen molar-refractivity contribution in [3.8, 4) is 16.9 Å². The highest BCUT2D eigenvalue weighted by molar-refractivity contribution is 6.02. The number of aromatic nitrogens is 3. The Balaban J connectivity index is 1.37. The van der Waals surface area contributed by atoms with E-state index in [2.05, 4.69) is 76.3 Å². The first-order valence-electron chi connectivity index (χ1n) is 15.4. The van der Waals surface area contributed by atoms with Crippen LogP contribution in [0.4, 0.5) is 0 Å². The van der Waals surface area contributed by atoms with Gasteiger partial charge in [0.2, 0.25) is 0 Å². The summed E-state index contributed by atoms with van der Waals surface area (Å²) in [5, 5.41) is 12.6. The second kappa shape index (κ2) is 11.6. The molecule has 2 aliphatic heterocycles. The van der Waals surface area contributed by atoms with Gasteiger partial charge in [0.05, 0.1) is 17.8 Å². The van der Waals surface area contributed by atoms with E-state index in [4.69, 9.17) is 9.73 Å². The normalized spacial score (nSPS) is 20.8. The van der Waals surface area contributed by atoms with Gasteiger partial charge in [-0.2, -0.15) is 0 Å². The quantitative estimate of drug-likeness (QED) is 0.312. The molecule has 0 amide bonds. The van der Waals surface area contributed by atoms with E-state index in [1.54, 1.807) is 6.92 Å². The Hall–Kier alpha value is -3.98. The molecule has 0 saturated heterocycles. The summed E-state index contributed by atoms with van der Waals surface area (Å²) < 4.78 is 6.31. The summed E-state index contributed by atoms with van der Waals surface area (Å²) >= 11 is 0.